The second-order valence-corrected chi connectivity index (χ2v) is 7.41. The maximum atomic E-state index is 10.7. The summed E-state index contributed by atoms with van der Waals surface area (Å²) >= 11 is 2.26. The maximum Gasteiger partial charge on any atom is 0.269 e. The molecule has 0 amide bonds. The van der Waals surface area contributed by atoms with E-state index < -0.39 is 4.92 Å². The standard InChI is InChI=1S/C22H14IN3O3/c23-17-7-5-16(6-8-17)22-25-20-14-18(9-12-21(20)29-22)24-13-1-2-15-3-10-19(11-4-15)26(27)28/h1-14H. The van der Waals surface area contributed by atoms with Crippen LogP contribution in [0.1, 0.15) is 5.56 Å². The molecule has 7 heteroatoms. The van der Waals surface area contributed by atoms with Gasteiger partial charge in [-0.3, -0.25) is 15.1 Å². The molecule has 0 radical (unpaired) electrons. The molecule has 0 saturated heterocycles. The zero-order valence-electron chi connectivity index (χ0n) is 15.0. The van der Waals surface area contributed by atoms with Crippen molar-refractivity contribution in [2.75, 3.05) is 0 Å². The quantitative estimate of drug-likeness (QED) is 0.138. The van der Waals surface area contributed by atoms with Gasteiger partial charge < -0.3 is 4.42 Å². The number of oxazole rings is 1. The third-order valence-electron chi connectivity index (χ3n) is 4.16. The molecule has 0 unspecified atom stereocenters. The van der Waals surface area contributed by atoms with Gasteiger partial charge >= 0.3 is 0 Å². The van der Waals surface area contributed by atoms with E-state index in [2.05, 4.69) is 32.6 Å². The van der Waals surface area contributed by atoms with E-state index in [1.807, 2.05) is 48.5 Å². The summed E-state index contributed by atoms with van der Waals surface area (Å²) in [6.07, 6.45) is 5.28. The summed E-state index contributed by atoms with van der Waals surface area (Å²) in [5.41, 5.74) is 4.06. The van der Waals surface area contributed by atoms with E-state index in [9.17, 15) is 10.1 Å². The second-order valence-electron chi connectivity index (χ2n) is 6.16. The number of aromatic nitrogens is 1. The molecule has 142 valence electrons. The zero-order chi connectivity index (χ0) is 20.2. The number of non-ortho nitro benzene ring substituents is 1. The van der Waals surface area contributed by atoms with Crippen LogP contribution in [0, 0.1) is 13.7 Å². The van der Waals surface area contributed by atoms with Gasteiger partial charge in [0, 0.05) is 27.5 Å². The Morgan fingerprint density at radius 3 is 2.52 bits per heavy atom. The monoisotopic (exact) mass is 495 g/mol. The van der Waals surface area contributed by atoms with Crippen molar-refractivity contribution in [3.8, 4) is 11.5 Å². The Morgan fingerprint density at radius 1 is 1.03 bits per heavy atom. The average molecular weight is 495 g/mol. The Bertz CT molecular complexity index is 1230. The van der Waals surface area contributed by atoms with Gasteiger partial charge in [0.1, 0.15) is 5.52 Å². The van der Waals surface area contributed by atoms with Gasteiger partial charge in [-0.15, -0.1) is 0 Å². The van der Waals surface area contributed by atoms with Gasteiger partial charge in [0.15, 0.2) is 5.58 Å². The second kappa shape index (κ2) is 8.36. The van der Waals surface area contributed by atoms with Crippen LogP contribution >= 0.6 is 22.6 Å². The molecular formula is C22H14IN3O3. The molecule has 6 nitrogen and oxygen atoms in total. The molecule has 0 aliphatic carbocycles. The SMILES string of the molecule is O=[N+]([O-])c1ccc(C=CC=Nc2ccc3oc(-c4ccc(I)cc4)nc3c2)cc1. The van der Waals surface area contributed by atoms with Crippen LogP contribution in [-0.4, -0.2) is 16.1 Å². The highest BCUT2D eigenvalue weighted by Gasteiger charge is 2.08. The smallest absolute Gasteiger partial charge is 0.269 e. The van der Waals surface area contributed by atoms with Crippen molar-refractivity contribution >= 4 is 57.4 Å². The number of nitro benzene ring substituents is 1. The first-order chi connectivity index (χ1) is 14.1. The average Bonchev–Trinajstić information content (AvgIpc) is 3.15. The molecule has 3 aromatic carbocycles. The largest absolute Gasteiger partial charge is 0.436 e. The summed E-state index contributed by atoms with van der Waals surface area (Å²) < 4.78 is 6.99. The molecule has 0 aliphatic heterocycles. The molecule has 1 heterocycles. The van der Waals surface area contributed by atoms with Crippen LogP contribution in [0.15, 0.2) is 82.2 Å². The van der Waals surface area contributed by atoms with Crippen molar-refractivity contribution in [3.63, 3.8) is 0 Å². The molecule has 0 spiro atoms. The van der Waals surface area contributed by atoms with E-state index in [4.69, 9.17) is 4.42 Å². The van der Waals surface area contributed by atoms with E-state index >= 15 is 0 Å². The van der Waals surface area contributed by atoms with Crippen molar-refractivity contribution in [2.24, 2.45) is 4.99 Å². The molecular weight excluding hydrogens is 481 g/mol. The number of hydrogen-bond acceptors (Lipinski definition) is 5. The Labute approximate surface area is 179 Å². The molecule has 0 aliphatic rings. The Kier molecular flexibility index (Phi) is 5.48. The minimum atomic E-state index is -0.418. The van der Waals surface area contributed by atoms with Crippen molar-refractivity contribution < 1.29 is 9.34 Å². The highest BCUT2D eigenvalue weighted by atomic mass is 127. The van der Waals surface area contributed by atoms with E-state index in [0.29, 0.717) is 11.5 Å². The van der Waals surface area contributed by atoms with Crippen molar-refractivity contribution in [1.82, 2.24) is 4.98 Å². The molecule has 0 atom stereocenters. The first-order valence-corrected chi connectivity index (χ1v) is 9.78. The van der Waals surface area contributed by atoms with Gasteiger partial charge in [0.25, 0.3) is 5.69 Å². The topological polar surface area (TPSA) is 81.5 Å². The number of rotatable bonds is 5. The Balaban J connectivity index is 1.49. The van der Waals surface area contributed by atoms with Crippen molar-refractivity contribution in [3.05, 3.63) is 92.1 Å². The van der Waals surface area contributed by atoms with Crippen LogP contribution in [0.5, 0.6) is 0 Å². The fraction of sp³-hybridized carbons (Fsp3) is 0. The molecule has 0 bridgehead atoms. The van der Waals surface area contributed by atoms with Crippen molar-refractivity contribution in [2.45, 2.75) is 0 Å². The van der Waals surface area contributed by atoms with Crippen LogP contribution in [0.2, 0.25) is 0 Å². The lowest BCUT2D eigenvalue weighted by molar-refractivity contribution is -0.384. The van der Waals surface area contributed by atoms with Crippen LogP contribution in [0.25, 0.3) is 28.6 Å². The van der Waals surface area contributed by atoms with Gasteiger partial charge in [-0.1, -0.05) is 6.08 Å². The molecule has 4 rings (SSSR count). The molecule has 4 aromatic rings. The predicted octanol–water partition coefficient (Wildman–Crippen LogP) is 6.42. The number of aliphatic imine (C=N–C) groups is 1. The van der Waals surface area contributed by atoms with Gasteiger partial charge in [0.05, 0.1) is 10.6 Å². The summed E-state index contributed by atoms with van der Waals surface area (Å²) in [4.78, 5) is 19.2. The van der Waals surface area contributed by atoms with Gasteiger partial charge in [-0.25, -0.2) is 4.98 Å². The minimum Gasteiger partial charge on any atom is -0.436 e. The van der Waals surface area contributed by atoms with Crippen LogP contribution in [0.4, 0.5) is 11.4 Å². The number of allylic oxidation sites excluding steroid dienone is 1. The summed E-state index contributed by atoms with van der Waals surface area (Å²) in [5, 5.41) is 10.7. The van der Waals surface area contributed by atoms with E-state index in [1.54, 1.807) is 24.4 Å². The highest BCUT2D eigenvalue weighted by molar-refractivity contribution is 14.1. The lowest BCUT2D eigenvalue weighted by atomic mass is 10.2. The van der Waals surface area contributed by atoms with Crippen LogP contribution in [-0.2, 0) is 0 Å². The lowest BCUT2D eigenvalue weighted by Gasteiger charge is -1.94. The first-order valence-electron chi connectivity index (χ1n) is 8.70. The molecule has 29 heavy (non-hydrogen) atoms. The summed E-state index contributed by atoms with van der Waals surface area (Å²) in [5.74, 6) is 0.579. The fourth-order valence-corrected chi connectivity index (χ4v) is 3.06. The summed E-state index contributed by atoms with van der Waals surface area (Å²) in [6.45, 7) is 0. The van der Waals surface area contributed by atoms with E-state index in [0.717, 1.165) is 25.9 Å². The number of nitrogens with zero attached hydrogens (tertiary/aromatic N) is 3. The number of fused-ring (bicyclic) bond motifs is 1. The third-order valence-corrected chi connectivity index (χ3v) is 4.88. The van der Waals surface area contributed by atoms with E-state index in [-0.39, 0.29) is 5.69 Å². The molecule has 0 saturated carbocycles. The Hall–Kier alpha value is -3.33. The van der Waals surface area contributed by atoms with Crippen LogP contribution < -0.4 is 0 Å². The Morgan fingerprint density at radius 2 is 1.79 bits per heavy atom. The number of halogens is 1. The van der Waals surface area contributed by atoms with E-state index in [1.165, 1.54) is 12.1 Å². The van der Waals surface area contributed by atoms with Gasteiger partial charge in [0.2, 0.25) is 5.89 Å². The first kappa shape index (κ1) is 19.0. The number of benzene rings is 3. The summed E-state index contributed by atoms with van der Waals surface area (Å²) in [6, 6.07) is 19.9. The molecule has 0 fully saturated rings. The lowest BCUT2D eigenvalue weighted by Crippen LogP contribution is -1.86. The highest BCUT2D eigenvalue weighted by Crippen LogP contribution is 2.27. The maximum absolute atomic E-state index is 10.7. The zero-order valence-corrected chi connectivity index (χ0v) is 17.2. The number of hydrogen-bond donors (Lipinski definition) is 0. The van der Waals surface area contributed by atoms with Crippen LogP contribution in [0.3, 0.4) is 0 Å². The third kappa shape index (κ3) is 4.57. The van der Waals surface area contributed by atoms with Gasteiger partial charge in [-0.2, -0.15) is 0 Å². The molecule has 0 N–H and O–H groups in total. The molecule has 1 aromatic heterocycles. The summed E-state index contributed by atoms with van der Waals surface area (Å²) in [7, 11) is 0. The normalized spacial score (nSPS) is 11.6. The predicted molar refractivity (Wildman–Crippen MR) is 122 cm³/mol. The minimum absolute atomic E-state index is 0.0707. The van der Waals surface area contributed by atoms with Crippen molar-refractivity contribution in [1.29, 1.82) is 0 Å². The van der Waals surface area contributed by atoms with Gasteiger partial charge in [-0.05, 0) is 88.8 Å². The number of nitro groups is 1. The fourth-order valence-electron chi connectivity index (χ4n) is 2.70.